The van der Waals surface area contributed by atoms with Gasteiger partial charge in [-0.1, -0.05) is 25.1 Å². The fourth-order valence-electron chi connectivity index (χ4n) is 3.58. The monoisotopic (exact) mass is 384 g/mol. The predicted octanol–water partition coefficient (Wildman–Crippen LogP) is 3.17. The van der Waals surface area contributed by atoms with Crippen LogP contribution in [0.15, 0.2) is 36.7 Å². The number of likely N-dealkylation sites (tertiary alicyclic amines) is 1. The average Bonchev–Trinajstić information content (AvgIpc) is 3.15. The lowest BCUT2D eigenvalue weighted by Crippen LogP contribution is -2.40. The Hall–Kier alpha value is -2.34. The van der Waals surface area contributed by atoms with E-state index in [1.807, 2.05) is 34.0 Å². The first-order chi connectivity index (χ1) is 13.5. The number of hydrogen-bond donors (Lipinski definition) is 0. The van der Waals surface area contributed by atoms with Crippen LogP contribution in [-0.4, -0.2) is 52.2 Å². The highest BCUT2D eigenvalue weighted by molar-refractivity contribution is 5.77. The van der Waals surface area contributed by atoms with Gasteiger partial charge < -0.3 is 9.64 Å². The maximum Gasteiger partial charge on any atom is 0.260 e. The topological polar surface area (TPSA) is 50.6 Å². The molecule has 152 valence electrons. The Labute approximate surface area is 168 Å². The van der Waals surface area contributed by atoms with Crippen LogP contribution in [-0.2, 0) is 24.4 Å². The molecule has 6 heteroatoms. The molecule has 0 aliphatic carbocycles. The Balaban J connectivity index is 1.54. The number of ether oxygens (including phenoxy) is 1. The minimum atomic E-state index is 0.0852. The Bertz CT molecular complexity index is 765. The molecule has 0 spiro atoms. The molecule has 0 N–H and O–H groups in total. The van der Waals surface area contributed by atoms with E-state index in [9.17, 15) is 4.79 Å². The van der Waals surface area contributed by atoms with Crippen molar-refractivity contribution in [2.45, 2.75) is 46.3 Å². The Morgan fingerprint density at radius 1 is 1.25 bits per heavy atom. The third-order valence-electron chi connectivity index (χ3n) is 5.36. The molecule has 1 fully saturated rings. The van der Waals surface area contributed by atoms with Crippen molar-refractivity contribution < 1.29 is 9.53 Å². The molecular formula is C22H32N4O2. The lowest BCUT2D eigenvalue weighted by atomic mass is 9.99. The first kappa shape index (κ1) is 20.4. The van der Waals surface area contributed by atoms with E-state index in [2.05, 4.69) is 43.2 Å². The molecule has 1 amide bonds. The maximum atomic E-state index is 12.5. The lowest BCUT2D eigenvalue weighted by Gasteiger charge is -2.30. The number of nitrogens with zero attached hydrogens (tertiary/aromatic N) is 4. The summed E-state index contributed by atoms with van der Waals surface area (Å²) in [6.07, 6.45) is 6.17. The molecule has 0 radical (unpaired) electrons. The quantitative estimate of drug-likeness (QED) is 0.701. The molecule has 28 heavy (non-hydrogen) atoms. The second-order valence-electron chi connectivity index (χ2n) is 7.84. The molecule has 0 atom stereocenters. The molecule has 0 saturated carbocycles. The summed E-state index contributed by atoms with van der Waals surface area (Å²) < 4.78 is 7.85. The van der Waals surface area contributed by atoms with Crippen LogP contribution >= 0.6 is 0 Å². The van der Waals surface area contributed by atoms with Gasteiger partial charge in [-0.05, 0) is 38.8 Å². The van der Waals surface area contributed by atoms with E-state index in [4.69, 9.17) is 4.74 Å². The van der Waals surface area contributed by atoms with E-state index in [1.54, 1.807) is 0 Å². The van der Waals surface area contributed by atoms with Crippen LogP contribution in [0.4, 0.5) is 0 Å². The third-order valence-corrected chi connectivity index (χ3v) is 5.36. The van der Waals surface area contributed by atoms with Crippen LogP contribution < -0.4 is 4.74 Å². The van der Waals surface area contributed by atoms with Gasteiger partial charge >= 0.3 is 0 Å². The van der Waals surface area contributed by atoms with Crippen molar-refractivity contribution >= 4 is 5.91 Å². The van der Waals surface area contributed by atoms with Crippen molar-refractivity contribution in [3.63, 3.8) is 0 Å². The molecule has 1 aliphatic rings. The maximum absolute atomic E-state index is 12.5. The van der Waals surface area contributed by atoms with Crippen molar-refractivity contribution in [1.82, 2.24) is 19.6 Å². The van der Waals surface area contributed by atoms with Crippen LogP contribution in [0.25, 0.3) is 0 Å². The van der Waals surface area contributed by atoms with Gasteiger partial charge in [0.05, 0.1) is 6.20 Å². The number of carbonyl (C=O) groups is 1. The highest BCUT2D eigenvalue weighted by atomic mass is 16.5. The molecule has 2 aromatic rings. The van der Waals surface area contributed by atoms with Gasteiger partial charge in [0.1, 0.15) is 5.75 Å². The number of aromatic nitrogens is 2. The zero-order valence-corrected chi connectivity index (χ0v) is 17.3. The third kappa shape index (κ3) is 5.58. The van der Waals surface area contributed by atoms with Crippen molar-refractivity contribution in [3.8, 4) is 5.75 Å². The van der Waals surface area contributed by atoms with Crippen molar-refractivity contribution in [2.24, 2.45) is 5.92 Å². The van der Waals surface area contributed by atoms with Crippen LogP contribution in [0, 0.1) is 5.92 Å². The normalized spacial score (nSPS) is 15.2. The summed E-state index contributed by atoms with van der Waals surface area (Å²) >= 11 is 0. The highest BCUT2D eigenvalue weighted by Crippen LogP contribution is 2.21. The number of amides is 1. The summed E-state index contributed by atoms with van der Waals surface area (Å²) in [5, 5.41) is 4.33. The molecule has 6 nitrogen and oxygen atoms in total. The summed E-state index contributed by atoms with van der Waals surface area (Å²) in [5.41, 5.74) is 2.28. The van der Waals surface area contributed by atoms with Gasteiger partial charge in [0.2, 0.25) is 0 Å². The van der Waals surface area contributed by atoms with E-state index in [0.717, 1.165) is 56.9 Å². The molecule has 1 saturated heterocycles. The summed E-state index contributed by atoms with van der Waals surface area (Å²) in [7, 11) is 2.08. The number of carbonyl (C=O) groups excluding carboxylic acids is 1. The van der Waals surface area contributed by atoms with E-state index < -0.39 is 0 Å². The number of aryl methyl sites for hydroxylation is 1. The van der Waals surface area contributed by atoms with E-state index in [-0.39, 0.29) is 12.5 Å². The smallest absolute Gasteiger partial charge is 0.260 e. The van der Waals surface area contributed by atoms with E-state index >= 15 is 0 Å². The zero-order valence-electron chi connectivity index (χ0n) is 17.3. The summed E-state index contributed by atoms with van der Waals surface area (Å²) in [4.78, 5) is 16.6. The SMILES string of the molecule is CCn1cc(CN(C)Cc2ccccc2OCC(=O)N2CCC(C)CC2)cn1. The highest BCUT2D eigenvalue weighted by Gasteiger charge is 2.20. The molecule has 1 aliphatic heterocycles. The Morgan fingerprint density at radius 2 is 2.00 bits per heavy atom. The number of benzene rings is 1. The lowest BCUT2D eigenvalue weighted by molar-refractivity contribution is -0.134. The first-order valence-corrected chi connectivity index (χ1v) is 10.2. The van der Waals surface area contributed by atoms with Crippen LogP contribution in [0.3, 0.4) is 0 Å². The second-order valence-corrected chi connectivity index (χ2v) is 7.84. The minimum Gasteiger partial charge on any atom is -0.483 e. The van der Waals surface area contributed by atoms with Gasteiger partial charge in [-0.3, -0.25) is 14.4 Å². The molecular weight excluding hydrogens is 352 g/mol. The van der Waals surface area contributed by atoms with Crippen LogP contribution in [0.2, 0.25) is 0 Å². The molecule has 3 rings (SSSR count). The van der Waals surface area contributed by atoms with Gasteiger partial charge in [-0.2, -0.15) is 5.10 Å². The predicted molar refractivity (Wildman–Crippen MR) is 110 cm³/mol. The van der Waals surface area contributed by atoms with E-state index in [0.29, 0.717) is 5.92 Å². The van der Waals surface area contributed by atoms with Crippen molar-refractivity contribution in [3.05, 3.63) is 47.8 Å². The fraction of sp³-hybridized carbons (Fsp3) is 0.545. The van der Waals surface area contributed by atoms with Gasteiger partial charge in [0, 0.05) is 50.0 Å². The Morgan fingerprint density at radius 3 is 2.71 bits per heavy atom. The largest absolute Gasteiger partial charge is 0.483 e. The van der Waals surface area contributed by atoms with Crippen LogP contribution in [0.1, 0.15) is 37.8 Å². The van der Waals surface area contributed by atoms with Crippen molar-refractivity contribution in [1.29, 1.82) is 0 Å². The van der Waals surface area contributed by atoms with Gasteiger partial charge in [-0.15, -0.1) is 0 Å². The molecule has 2 heterocycles. The fourth-order valence-corrected chi connectivity index (χ4v) is 3.58. The number of para-hydroxylation sites is 1. The Kier molecular flexibility index (Phi) is 7.09. The summed E-state index contributed by atoms with van der Waals surface area (Å²) in [6.45, 7) is 8.58. The standard InChI is InChI=1S/C22H32N4O2/c1-4-26-15-19(13-23-26)14-24(3)16-20-7-5-6-8-21(20)28-17-22(27)25-11-9-18(2)10-12-25/h5-8,13,15,18H,4,9-12,14,16-17H2,1-3H3. The van der Waals surface area contributed by atoms with Gasteiger partial charge in [-0.25, -0.2) is 0 Å². The van der Waals surface area contributed by atoms with Crippen LogP contribution in [0.5, 0.6) is 5.75 Å². The minimum absolute atomic E-state index is 0.0852. The summed E-state index contributed by atoms with van der Waals surface area (Å²) in [5.74, 6) is 1.59. The number of rotatable bonds is 8. The molecule has 1 aromatic carbocycles. The molecule has 1 aromatic heterocycles. The van der Waals surface area contributed by atoms with Gasteiger partial charge in [0.15, 0.2) is 6.61 Å². The number of piperidine rings is 1. The first-order valence-electron chi connectivity index (χ1n) is 10.2. The molecule has 0 unspecified atom stereocenters. The van der Waals surface area contributed by atoms with E-state index in [1.165, 1.54) is 5.56 Å². The average molecular weight is 385 g/mol. The zero-order chi connectivity index (χ0) is 19.9. The molecule has 0 bridgehead atoms. The number of hydrogen-bond acceptors (Lipinski definition) is 4. The van der Waals surface area contributed by atoms with Crippen molar-refractivity contribution in [2.75, 3.05) is 26.7 Å². The second kappa shape index (κ2) is 9.73. The van der Waals surface area contributed by atoms with Gasteiger partial charge in [0.25, 0.3) is 5.91 Å². The summed E-state index contributed by atoms with van der Waals surface area (Å²) in [6, 6.07) is 7.98.